The first kappa shape index (κ1) is 17.6. The number of ether oxygens (including phenoxy) is 3. The molecule has 2 saturated heterocycles. The predicted molar refractivity (Wildman–Crippen MR) is 92.2 cm³/mol. The highest BCUT2D eigenvalue weighted by atomic mass is 16.6. The van der Waals surface area contributed by atoms with Gasteiger partial charge in [0.25, 0.3) is 5.91 Å². The molecule has 2 aromatic heterocycles. The summed E-state index contributed by atoms with van der Waals surface area (Å²) in [6.45, 7) is 1.85. The van der Waals surface area contributed by atoms with Gasteiger partial charge in [-0.05, 0) is 18.2 Å². The third kappa shape index (κ3) is 3.56. The molecule has 0 unspecified atom stereocenters. The summed E-state index contributed by atoms with van der Waals surface area (Å²) in [5, 5.41) is 4.23. The minimum atomic E-state index is -0.488. The minimum absolute atomic E-state index is 0.0299. The Morgan fingerprint density at radius 2 is 1.93 bits per heavy atom. The number of hydrogen-bond acceptors (Lipinski definition) is 7. The summed E-state index contributed by atoms with van der Waals surface area (Å²) >= 11 is 0. The smallest absolute Gasteiger partial charge is 0.339 e. The monoisotopic (exact) mass is 372 g/mol. The van der Waals surface area contributed by atoms with Gasteiger partial charge in [0.05, 0.1) is 31.9 Å². The van der Waals surface area contributed by atoms with Gasteiger partial charge in [0, 0.05) is 31.7 Å². The highest BCUT2D eigenvalue weighted by Gasteiger charge is 2.40. The molecule has 2 aromatic rings. The number of aromatic nitrogens is 3. The van der Waals surface area contributed by atoms with E-state index < -0.39 is 5.97 Å². The summed E-state index contributed by atoms with van der Waals surface area (Å²) in [7, 11) is 1.30. The van der Waals surface area contributed by atoms with Crippen LogP contribution in [-0.4, -0.2) is 77.2 Å². The Kier molecular flexibility index (Phi) is 4.87. The SMILES string of the molecule is COC(=O)c1ccc(C(=O)N2C[C@@H]3OCC(n4cccn4)CO[C@H]3C2)nc1. The Bertz CT molecular complexity index is 792. The van der Waals surface area contributed by atoms with E-state index in [9.17, 15) is 9.59 Å². The van der Waals surface area contributed by atoms with E-state index >= 15 is 0 Å². The van der Waals surface area contributed by atoms with Crippen molar-refractivity contribution in [2.45, 2.75) is 18.2 Å². The molecule has 2 atom stereocenters. The topological polar surface area (TPSA) is 95.8 Å². The number of methoxy groups -OCH3 is 1. The summed E-state index contributed by atoms with van der Waals surface area (Å²) < 4.78 is 18.4. The molecule has 2 fully saturated rings. The first-order chi connectivity index (χ1) is 13.2. The molecule has 0 spiro atoms. The maximum Gasteiger partial charge on any atom is 0.339 e. The number of hydrogen-bond donors (Lipinski definition) is 0. The molecule has 0 saturated carbocycles. The van der Waals surface area contributed by atoms with Gasteiger partial charge in [0.2, 0.25) is 0 Å². The molecule has 27 heavy (non-hydrogen) atoms. The number of amides is 1. The van der Waals surface area contributed by atoms with Gasteiger partial charge in [-0.1, -0.05) is 0 Å². The number of likely N-dealkylation sites (tertiary alicyclic amines) is 1. The highest BCUT2D eigenvalue weighted by molar-refractivity contribution is 5.94. The Morgan fingerprint density at radius 3 is 2.48 bits per heavy atom. The Morgan fingerprint density at radius 1 is 1.19 bits per heavy atom. The Labute approximate surface area is 155 Å². The van der Waals surface area contributed by atoms with E-state index in [1.54, 1.807) is 11.1 Å². The van der Waals surface area contributed by atoms with Crippen molar-refractivity contribution in [3.63, 3.8) is 0 Å². The molecule has 0 N–H and O–H groups in total. The van der Waals surface area contributed by atoms with Gasteiger partial charge >= 0.3 is 5.97 Å². The van der Waals surface area contributed by atoms with E-state index in [1.165, 1.54) is 25.4 Å². The number of carbonyl (C=O) groups excluding carboxylic acids is 2. The summed E-state index contributed by atoms with van der Waals surface area (Å²) in [5.74, 6) is -0.700. The van der Waals surface area contributed by atoms with E-state index in [2.05, 4.69) is 14.8 Å². The summed E-state index contributed by atoms with van der Waals surface area (Å²) in [6.07, 6.45) is 4.60. The summed E-state index contributed by atoms with van der Waals surface area (Å²) in [4.78, 5) is 29.9. The number of pyridine rings is 1. The second kappa shape index (κ2) is 7.45. The molecular formula is C18H20N4O5. The molecule has 142 valence electrons. The van der Waals surface area contributed by atoms with Crippen LogP contribution in [0, 0.1) is 0 Å². The number of fused-ring (bicyclic) bond motifs is 1. The van der Waals surface area contributed by atoms with Crippen LogP contribution in [0.25, 0.3) is 0 Å². The standard InChI is InChI=1S/C18H20N4O5/c1-25-18(24)12-3-4-14(19-7-12)17(23)21-8-15-16(9-21)27-11-13(10-26-15)22-6-2-5-20-22/h2-7,13,15-16H,8-11H2,1H3/t15-,16-/m0/s1. The van der Waals surface area contributed by atoms with Gasteiger partial charge in [-0.2, -0.15) is 5.10 Å². The normalized spacial score (nSPS) is 22.9. The van der Waals surface area contributed by atoms with Crippen LogP contribution < -0.4 is 0 Å². The number of nitrogens with zero attached hydrogens (tertiary/aromatic N) is 4. The largest absolute Gasteiger partial charge is 0.465 e. The van der Waals surface area contributed by atoms with Crippen molar-refractivity contribution >= 4 is 11.9 Å². The molecule has 9 nitrogen and oxygen atoms in total. The van der Waals surface area contributed by atoms with E-state index in [0.717, 1.165) is 0 Å². The van der Waals surface area contributed by atoms with Gasteiger partial charge in [-0.25, -0.2) is 4.79 Å². The van der Waals surface area contributed by atoms with Crippen molar-refractivity contribution in [1.82, 2.24) is 19.7 Å². The molecule has 0 aromatic carbocycles. The lowest BCUT2D eigenvalue weighted by Gasteiger charge is -2.18. The molecule has 4 heterocycles. The van der Waals surface area contributed by atoms with Crippen molar-refractivity contribution in [3.05, 3.63) is 48.0 Å². The van der Waals surface area contributed by atoms with E-state index in [1.807, 2.05) is 16.9 Å². The minimum Gasteiger partial charge on any atom is -0.465 e. The fraction of sp³-hybridized carbons (Fsp3) is 0.444. The van der Waals surface area contributed by atoms with Gasteiger partial charge < -0.3 is 19.1 Å². The number of esters is 1. The van der Waals surface area contributed by atoms with Crippen molar-refractivity contribution in [3.8, 4) is 0 Å². The molecule has 0 bridgehead atoms. The van der Waals surface area contributed by atoms with Crippen LogP contribution in [0.2, 0.25) is 0 Å². The average Bonchev–Trinajstić information content (AvgIpc) is 3.34. The lowest BCUT2D eigenvalue weighted by Crippen LogP contribution is -2.32. The van der Waals surface area contributed by atoms with E-state index in [0.29, 0.717) is 31.9 Å². The van der Waals surface area contributed by atoms with Crippen molar-refractivity contribution in [2.75, 3.05) is 33.4 Å². The first-order valence-electron chi connectivity index (χ1n) is 8.71. The Hall–Kier alpha value is -2.78. The van der Waals surface area contributed by atoms with Crippen LogP contribution >= 0.6 is 0 Å². The Balaban J connectivity index is 1.38. The fourth-order valence-electron chi connectivity index (χ4n) is 3.32. The molecule has 0 radical (unpaired) electrons. The van der Waals surface area contributed by atoms with Crippen molar-refractivity contribution in [1.29, 1.82) is 0 Å². The third-order valence-electron chi connectivity index (χ3n) is 4.81. The first-order valence-corrected chi connectivity index (χ1v) is 8.71. The second-order valence-corrected chi connectivity index (χ2v) is 6.52. The second-order valence-electron chi connectivity index (χ2n) is 6.52. The van der Waals surface area contributed by atoms with Crippen LogP contribution in [0.3, 0.4) is 0 Å². The molecule has 2 aliphatic heterocycles. The molecule has 4 rings (SSSR count). The maximum atomic E-state index is 12.7. The lowest BCUT2D eigenvalue weighted by atomic mass is 10.2. The summed E-state index contributed by atoms with van der Waals surface area (Å²) in [6, 6.07) is 4.95. The zero-order valence-corrected chi connectivity index (χ0v) is 14.9. The number of carbonyl (C=O) groups is 2. The van der Waals surface area contributed by atoms with E-state index in [4.69, 9.17) is 9.47 Å². The van der Waals surface area contributed by atoms with Crippen LogP contribution in [-0.2, 0) is 14.2 Å². The van der Waals surface area contributed by atoms with Crippen LogP contribution in [0.4, 0.5) is 0 Å². The predicted octanol–water partition coefficient (Wildman–Crippen LogP) is 0.546. The molecule has 1 amide bonds. The quantitative estimate of drug-likeness (QED) is 0.726. The maximum absolute atomic E-state index is 12.7. The van der Waals surface area contributed by atoms with E-state index in [-0.39, 0.29) is 29.9 Å². The van der Waals surface area contributed by atoms with Gasteiger partial charge in [0.15, 0.2) is 0 Å². The average molecular weight is 372 g/mol. The summed E-state index contributed by atoms with van der Waals surface area (Å²) in [5.41, 5.74) is 0.575. The van der Waals surface area contributed by atoms with Gasteiger partial charge in [0.1, 0.15) is 17.9 Å². The molecular weight excluding hydrogens is 352 g/mol. The number of rotatable bonds is 3. The van der Waals surface area contributed by atoms with Crippen LogP contribution in [0.5, 0.6) is 0 Å². The molecule has 9 heteroatoms. The van der Waals surface area contributed by atoms with Gasteiger partial charge in [-0.3, -0.25) is 14.5 Å². The highest BCUT2D eigenvalue weighted by Crippen LogP contribution is 2.24. The van der Waals surface area contributed by atoms with Gasteiger partial charge in [-0.15, -0.1) is 0 Å². The zero-order valence-electron chi connectivity index (χ0n) is 14.9. The van der Waals surface area contributed by atoms with Crippen LogP contribution in [0.15, 0.2) is 36.8 Å². The molecule has 2 aliphatic rings. The van der Waals surface area contributed by atoms with Crippen molar-refractivity contribution < 1.29 is 23.8 Å². The fourth-order valence-corrected chi connectivity index (χ4v) is 3.32. The van der Waals surface area contributed by atoms with Crippen LogP contribution in [0.1, 0.15) is 26.9 Å². The molecule has 0 aliphatic carbocycles. The lowest BCUT2D eigenvalue weighted by molar-refractivity contribution is -0.00461. The zero-order chi connectivity index (χ0) is 18.8. The van der Waals surface area contributed by atoms with Crippen molar-refractivity contribution in [2.24, 2.45) is 0 Å². The third-order valence-corrected chi connectivity index (χ3v) is 4.81.